The lowest BCUT2D eigenvalue weighted by Crippen LogP contribution is -2.36. The van der Waals surface area contributed by atoms with Gasteiger partial charge in [-0.25, -0.2) is 14.8 Å². The SMILES string of the molecule is CN(C)c1ccc(-c2cc(NC(=O)Nc3ccc(-c4cnc(CN5CCOCC5)nc4)c4ccccc34)cc(C(C)(C)C)c2)cc1. The Hall–Kier alpha value is -4.79. The maximum atomic E-state index is 13.5. The molecule has 0 aliphatic carbocycles. The molecule has 2 N–H and O–H groups in total. The van der Waals surface area contributed by atoms with Gasteiger partial charge in [0.15, 0.2) is 0 Å². The fourth-order valence-electron chi connectivity index (χ4n) is 5.73. The molecule has 1 aliphatic heterocycles. The molecule has 1 aliphatic rings. The number of benzene rings is 4. The van der Waals surface area contributed by atoms with Gasteiger partial charge in [0.05, 0.1) is 25.4 Å². The second-order valence-electron chi connectivity index (χ2n) is 13.1. The number of morpholine rings is 1. The van der Waals surface area contributed by atoms with Crippen molar-refractivity contribution in [2.24, 2.45) is 0 Å². The predicted molar refractivity (Wildman–Crippen MR) is 189 cm³/mol. The third kappa shape index (κ3) is 7.19. The van der Waals surface area contributed by atoms with Gasteiger partial charge in [0.1, 0.15) is 5.82 Å². The lowest BCUT2D eigenvalue weighted by molar-refractivity contribution is 0.0330. The van der Waals surface area contributed by atoms with Crippen molar-refractivity contribution < 1.29 is 9.53 Å². The standard InChI is InChI=1S/C38H42N6O2/c1-38(2,3)29-20-27(26-10-12-31(13-11-26)43(4)5)21-30(22-29)41-37(45)42-35-15-14-32(33-8-6-7-9-34(33)35)28-23-39-36(40-24-28)25-44-16-18-46-19-17-44/h6-15,20-24H,16-19,25H2,1-5H3,(H2,41,42,45). The first-order chi connectivity index (χ1) is 22.1. The lowest BCUT2D eigenvalue weighted by atomic mass is 9.85. The summed E-state index contributed by atoms with van der Waals surface area (Å²) in [7, 11) is 4.07. The Kier molecular flexibility index (Phi) is 9.01. The Labute approximate surface area is 271 Å². The molecule has 4 aromatic carbocycles. The number of ether oxygens (including phenoxy) is 1. The number of nitrogens with zero attached hydrogens (tertiary/aromatic N) is 4. The molecule has 46 heavy (non-hydrogen) atoms. The molecule has 1 saturated heterocycles. The summed E-state index contributed by atoms with van der Waals surface area (Å²) in [5, 5.41) is 8.16. The molecule has 0 bridgehead atoms. The summed E-state index contributed by atoms with van der Waals surface area (Å²) in [6.07, 6.45) is 3.77. The third-order valence-corrected chi connectivity index (χ3v) is 8.43. The summed E-state index contributed by atoms with van der Waals surface area (Å²) in [5.74, 6) is 0.800. The van der Waals surface area contributed by atoms with E-state index in [0.717, 1.165) is 87.8 Å². The minimum atomic E-state index is -0.298. The van der Waals surface area contributed by atoms with E-state index in [9.17, 15) is 4.79 Å². The van der Waals surface area contributed by atoms with Gasteiger partial charge < -0.3 is 20.3 Å². The Morgan fingerprint density at radius 1 is 0.826 bits per heavy atom. The van der Waals surface area contributed by atoms with Gasteiger partial charge in [0, 0.05) is 61.9 Å². The monoisotopic (exact) mass is 614 g/mol. The van der Waals surface area contributed by atoms with Gasteiger partial charge in [-0.1, -0.05) is 69.3 Å². The maximum absolute atomic E-state index is 13.5. The van der Waals surface area contributed by atoms with Crippen molar-refractivity contribution >= 4 is 33.9 Å². The Morgan fingerprint density at radius 3 is 2.20 bits per heavy atom. The molecule has 6 rings (SSSR count). The first-order valence-electron chi connectivity index (χ1n) is 15.8. The van der Waals surface area contributed by atoms with Crippen LogP contribution in [-0.4, -0.2) is 61.3 Å². The van der Waals surface area contributed by atoms with Gasteiger partial charge >= 0.3 is 6.03 Å². The van der Waals surface area contributed by atoms with Crippen molar-refractivity contribution in [3.05, 3.63) is 103 Å². The van der Waals surface area contributed by atoms with E-state index in [1.807, 2.05) is 62.9 Å². The van der Waals surface area contributed by atoms with Crippen LogP contribution in [0.25, 0.3) is 33.0 Å². The smallest absolute Gasteiger partial charge is 0.323 e. The normalized spacial score (nSPS) is 13.8. The van der Waals surface area contributed by atoms with Crippen LogP contribution in [0.4, 0.5) is 21.9 Å². The fourth-order valence-corrected chi connectivity index (χ4v) is 5.73. The third-order valence-electron chi connectivity index (χ3n) is 8.43. The highest BCUT2D eigenvalue weighted by molar-refractivity contribution is 6.09. The zero-order valence-corrected chi connectivity index (χ0v) is 27.3. The van der Waals surface area contributed by atoms with Crippen molar-refractivity contribution in [2.75, 3.05) is 55.9 Å². The highest BCUT2D eigenvalue weighted by atomic mass is 16.5. The molecule has 1 aromatic heterocycles. The Balaban J connectivity index is 1.23. The summed E-state index contributed by atoms with van der Waals surface area (Å²) in [4.78, 5) is 27.2. The first kappa shape index (κ1) is 31.2. The number of fused-ring (bicyclic) bond motifs is 1. The molecule has 1 fully saturated rings. The number of amides is 2. The molecule has 2 amide bonds. The number of hydrogen-bond donors (Lipinski definition) is 2. The van der Waals surface area contributed by atoms with Crippen molar-refractivity contribution in [3.8, 4) is 22.3 Å². The maximum Gasteiger partial charge on any atom is 0.323 e. The molecular formula is C38H42N6O2. The summed E-state index contributed by atoms with van der Waals surface area (Å²) in [5.41, 5.74) is 7.76. The van der Waals surface area contributed by atoms with E-state index in [1.54, 1.807) is 0 Å². The van der Waals surface area contributed by atoms with Gasteiger partial charge in [0.25, 0.3) is 0 Å². The minimum Gasteiger partial charge on any atom is -0.379 e. The van der Waals surface area contributed by atoms with Crippen molar-refractivity contribution in [3.63, 3.8) is 0 Å². The van der Waals surface area contributed by atoms with Crippen LogP contribution in [0.3, 0.4) is 0 Å². The van der Waals surface area contributed by atoms with Crippen LogP contribution in [0.1, 0.15) is 32.2 Å². The number of nitrogens with one attached hydrogen (secondary N) is 2. The molecule has 2 heterocycles. The van der Waals surface area contributed by atoms with Crippen LogP contribution in [0.15, 0.2) is 91.3 Å². The van der Waals surface area contributed by atoms with Gasteiger partial charge in [-0.15, -0.1) is 0 Å². The van der Waals surface area contributed by atoms with E-state index in [-0.39, 0.29) is 11.4 Å². The van der Waals surface area contributed by atoms with Crippen LogP contribution >= 0.6 is 0 Å². The average Bonchev–Trinajstić information content (AvgIpc) is 3.05. The molecule has 8 heteroatoms. The first-order valence-corrected chi connectivity index (χ1v) is 15.8. The van der Waals surface area contributed by atoms with E-state index in [2.05, 4.69) is 93.6 Å². The highest BCUT2D eigenvalue weighted by Gasteiger charge is 2.18. The van der Waals surface area contributed by atoms with E-state index >= 15 is 0 Å². The fraction of sp³-hybridized carbons (Fsp3) is 0.289. The lowest BCUT2D eigenvalue weighted by Gasteiger charge is -2.25. The van der Waals surface area contributed by atoms with Crippen molar-refractivity contribution in [1.29, 1.82) is 0 Å². The largest absolute Gasteiger partial charge is 0.379 e. The molecule has 0 atom stereocenters. The average molecular weight is 615 g/mol. The minimum absolute atomic E-state index is 0.0943. The Morgan fingerprint density at radius 2 is 1.52 bits per heavy atom. The van der Waals surface area contributed by atoms with Gasteiger partial charge in [-0.3, -0.25) is 4.90 Å². The number of carbonyl (C=O) groups excluding carboxylic acids is 1. The molecule has 0 spiro atoms. The summed E-state index contributed by atoms with van der Waals surface area (Å²) >= 11 is 0. The highest BCUT2D eigenvalue weighted by Crippen LogP contribution is 2.34. The van der Waals surface area contributed by atoms with Crippen LogP contribution in [0.2, 0.25) is 0 Å². The van der Waals surface area contributed by atoms with Crippen molar-refractivity contribution in [1.82, 2.24) is 14.9 Å². The number of anilines is 3. The molecule has 5 aromatic rings. The topological polar surface area (TPSA) is 82.6 Å². The Bertz CT molecular complexity index is 1820. The number of urea groups is 1. The van der Waals surface area contributed by atoms with Gasteiger partial charge in [-0.05, 0) is 63.4 Å². The molecule has 236 valence electrons. The molecule has 8 nitrogen and oxygen atoms in total. The van der Waals surface area contributed by atoms with Gasteiger partial charge in [0.2, 0.25) is 0 Å². The van der Waals surface area contributed by atoms with Crippen LogP contribution in [0, 0.1) is 0 Å². The molecular weight excluding hydrogens is 572 g/mol. The molecule has 0 unspecified atom stereocenters. The number of carbonyl (C=O) groups is 1. The van der Waals surface area contributed by atoms with Crippen LogP contribution in [-0.2, 0) is 16.7 Å². The summed E-state index contributed by atoms with van der Waals surface area (Å²) in [6.45, 7) is 10.5. The van der Waals surface area contributed by atoms with E-state index < -0.39 is 0 Å². The number of hydrogen-bond acceptors (Lipinski definition) is 6. The molecule has 0 saturated carbocycles. The zero-order chi connectivity index (χ0) is 32.3. The van der Waals surface area contributed by atoms with Crippen molar-refractivity contribution in [2.45, 2.75) is 32.7 Å². The predicted octanol–water partition coefficient (Wildman–Crippen LogP) is 7.80. The van der Waals surface area contributed by atoms with Crippen LogP contribution in [0.5, 0.6) is 0 Å². The molecule has 0 radical (unpaired) electrons. The van der Waals surface area contributed by atoms with E-state index in [1.165, 1.54) is 0 Å². The zero-order valence-electron chi connectivity index (χ0n) is 27.3. The van der Waals surface area contributed by atoms with Gasteiger partial charge in [-0.2, -0.15) is 0 Å². The van der Waals surface area contributed by atoms with Crippen LogP contribution < -0.4 is 15.5 Å². The number of aromatic nitrogens is 2. The number of rotatable bonds is 7. The second kappa shape index (κ2) is 13.3. The second-order valence-corrected chi connectivity index (χ2v) is 13.1. The van der Waals surface area contributed by atoms with E-state index in [0.29, 0.717) is 6.54 Å². The quantitative estimate of drug-likeness (QED) is 0.195. The van der Waals surface area contributed by atoms with E-state index in [4.69, 9.17) is 4.74 Å². The summed E-state index contributed by atoms with van der Waals surface area (Å²) < 4.78 is 5.45. The summed E-state index contributed by atoms with van der Waals surface area (Å²) in [6, 6.07) is 26.5.